The van der Waals surface area contributed by atoms with Gasteiger partial charge in [0.15, 0.2) is 0 Å². The fraction of sp³-hybridized carbons (Fsp3) is 0.667. The van der Waals surface area contributed by atoms with E-state index in [-0.39, 0.29) is 0 Å². The molecule has 0 nitrogen and oxygen atoms in total. The van der Waals surface area contributed by atoms with E-state index in [1.807, 2.05) is 6.92 Å². The van der Waals surface area contributed by atoms with E-state index in [4.69, 9.17) is 0 Å². The summed E-state index contributed by atoms with van der Waals surface area (Å²) in [5.74, 6) is 7.11. The smallest absolute Gasteiger partial charge is 0.0206 e. The van der Waals surface area contributed by atoms with Gasteiger partial charge < -0.3 is 0 Å². The third-order valence-corrected chi connectivity index (χ3v) is 2.94. The molecule has 1 atom stereocenters. The van der Waals surface area contributed by atoms with Gasteiger partial charge in [0.25, 0.3) is 0 Å². The van der Waals surface area contributed by atoms with Crippen molar-refractivity contribution in [2.24, 2.45) is 5.92 Å². The summed E-state index contributed by atoms with van der Waals surface area (Å²) in [6.07, 6.45) is 14.6. The molecular weight excluding hydrogens is 216 g/mol. The molecule has 0 heteroatoms. The zero-order chi connectivity index (χ0) is 13.6. The van der Waals surface area contributed by atoms with Crippen LogP contribution in [0.25, 0.3) is 0 Å². The van der Waals surface area contributed by atoms with Crippen LogP contribution >= 0.6 is 0 Å². The number of unbranched alkanes of at least 4 members (excludes halogenated alkanes) is 3. The first kappa shape index (κ1) is 17.0. The number of rotatable bonds is 9. The molecule has 0 amide bonds. The van der Waals surface area contributed by atoms with Crippen molar-refractivity contribution in [2.45, 2.75) is 72.1 Å². The highest BCUT2D eigenvalue weighted by Gasteiger charge is 2.03. The molecule has 0 spiro atoms. The number of hydrogen-bond donors (Lipinski definition) is 0. The van der Waals surface area contributed by atoms with Crippen molar-refractivity contribution in [1.82, 2.24) is 0 Å². The van der Waals surface area contributed by atoms with Gasteiger partial charge in [-0.3, -0.25) is 0 Å². The van der Waals surface area contributed by atoms with E-state index in [0.717, 1.165) is 5.57 Å². The lowest BCUT2D eigenvalue weighted by Crippen LogP contribution is -1.97. The number of allylic oxidation sites excluding steroid dienone is 3. The average Bonchev–Trinajstić information content (AvgIpc) is 2.35. The van der Waals surface area contributed by atoms with Gasteiger partial charge in [-0.1, -0.05) is 63.7 Å². The summed E-state index contributed by atoms with van der Waals surface area (Å²) in [5.41, 5.74) is 0.986. The summed E-state index contributed by atoms with van der Waals surface area (Å²) < 4.78 is 0. The van der Waals surface area contributed by atoms with E-state index < -0.39 is 0 Å². The lowest BCUT2D eigenvalue weighted by Gasteiger charge is -2.08. The molecule has 0 aliphatic heterocycles. The monoisotopic (exact) mass is 246 g/mol. The Morgan fingerprint density at radius 3 is 2.33 bits per heavy atom. The van der Waals surface area contributed by atoms with Crippen LogP contribution in [0, 0.1) is 17.8 Å². The SMILES string of the molecule is C=C(C)C#CC(CCCC)CCCC=CCCC. The Hall–Kier alpha value is -0.960. The second-order valence-corrected chi connectivity index (χ2v) is 5.08. The van der Waals surface area contributed by atoms with Crippen LogP contribution in [-0.2, 0) is 0 Å². The topological polar surface area (TPSA) is 0 Å². The van der Waals surface area contributed by atoms with E-state index in [1.165, 1.54) is 51.4 Å². The summed E-state index contributed by atoms with van der Waals surface area (Å²) in [7, 11) is 0. The summed E-state index contributed by atoms with van der Waals surface area (Å²) in [6.45, 7) is 10.3. The van der Waals surface area contributed by atoms with Crippen LogP contribution in [0.15, 0.2) is 24.3 Å². The maximum Gasteiger partial charge on any atom is 0.0206 e. The second-order valence-electron chi connectivity index (χ2n) is 5.08. The van der Waals surface area contributed by atoms with Crippen LogP contribution in [0.1, 0.15) is 72.1 Å². The second kappa shape index (κ2) is 12.5. The molecule has 0 N–H and O–H groups in total. The minimum Gasteiger partial charge on any atom is -0.0949 e. The van der Waals surface area contributed by atoms with Gasteiger partial charge in [0.05, 0.1) is 0 Å². The lowest BCUT2D eigenvalue weighted by molar-refractivity contribution is 0.517. The van der Waals surface area contributed by atoms with Gasteiger partial charge in [-0.15, -0.1) is 0 Å². The average molecular weight is 246 g/mol. The third kappa shape index (κ3) is 11.5. The molecule has 0 bridgehead atoms. The molecule has 0 saturated carbocycles. The summed E-state index contributed by atoms with van der Waals surface area (Å²) in [5, 5.41) is 0. The van der Waals surface area contributed by atoms with E-state index >= 15 is 0 Å². The van der Waals surface area contributed by atoms with Crippen molar-refractivity contribution in [3.63, 3.8) is 0 Å². The van der Waals surface area contributed by atoms with Crippen LogP contribution in [-0.4, -0.2) is 0 Å². The standard InChI is InChI=1S/C18H30/c1-5-7-9-10-11-12-14-18(13-8-6-2)16-15-17(3)4/h9-10,18H,3,5-8,11-14H2,1-2,4H3. The number of hydrogen-bond acceptors (Lipinski definition) is 0. The Bertz CT molecular complexity index is 285. The van der Waals surface area contributed by atoms with E-state index in [2.05, 4.69) is 44.4 Å². The first-order valence-corrected chi connectivity index (χ1v) is 7.52. The normalized spacial score (nSPS) is 12.2. The fourth-order valence-corrected chi connectivity index (χ4v) is 1.85. The third-order valence-electron chi connectivity index (χ3n) is 2.94. The van der Waals surface area contributed by atoms with Crippen molar-refractivity contribution in [3.8, 4) is 11.8 Å². The minimum atomic E-state index is 0.571. The van der Waals surface area contributed by atoms with Gasteiger partial charge in [0.1, 0.15) is 0 Å². The highest BCUT2D eigenvalue weighted by atomic mass is 14.1. The van der Waals surface area contributed by atoms with Gasteiger partial charge in [-0.05, 0) is 44.6 Å². The summed E-state index contributed by atoms with van der Waals surface area (Å²) in [4.78, 5) is 0. The minimum absolute atomic E-state index is 0.571. The molecule has 0 aliphatic carbocycles. The van der Waals surface area contributed by atoms with Gasteiger partial charge in [-0.25, -0.2) is 0 Å². The molecule has 18 heavy (non-hydrogen) atoms. The Balaban J connectivity index is 3.94. The first-order chi connectivity index (χ1) is 8.70. The largest absolute Gasteiger partial charge is 0.0949 e. The molecular formula is C18H30. The zero-order valence-corrected chi connectivity index (χ0v) is 12.6. The van der Waals surface area contributed by atoms with Gasteiger partial charge >= 0.3 is 0 Å². The first-order valence-electron chi connectivity index (χ1n) is 7.52. The Labute approximate surface area is 115 Å². The van der Waals surface area contributed by atoms with E-state index in [1.54, 1.807) is 0 Å². The molecule has 0 saturated heterocycles. The van der Waals surface area contributed by atoms with Crippen molar-refractivity contribution >= 4 is 0 Å². The van der Waals surface area contributed by atoms with Crippen LogP contribution < -0.4 is 0 Å². The van der Waals surface area contributed by atoms with Crippen molar-refractivity contribution < 1.29 is 0 Å². The Kier molecular flexibility index (Phi) is 11.8. The molecule has 102 valence electrons. The van der Waals surface area contributed by atoms with Crippen LogP contribution in [0.4, 0.5) is 0 Å². The molecule has 0 aromatic heterocycles. The lowest BCUT2D eigenvalue weighted by atomic mass is 9.96. The van der Waals surface area contributed by atoms with Crippen molar-refractivity contribution in [3.05, 3.63) is 24.3 Å². The Morgan fingerprint density at radius 2 is 1.72 bits per heavy atom. The Morgan fingerprint density at radius 1 is 1.06 bits per heavy atom. The predicted octanol–water partition coefficient (Wildman–Crippen LogP) is 5.90. The van der Waals surface area contributed by atoms with E-state index in [0.29, 0.717) is 5.92 Å². The highest BCUT2D eigenvalue weighted by Crippen LogP contribution is 2.15. The predicted molar refractivity (Wildman–Crippen MR) is 83.5 cm³/mol. The van der Waals surface area contributed by atoms with Crippen molar-refractivity contribution in [2.75, 3.05) is 0 Å². The summed E-state index contributed by atoms with van der Waals surface area (Å²) >= 11 is 0. The van der Waals surface area contributed by atoms with Gasteiger partial charge in [0, 0.05) is 5.92 Å². The molecule has 0 heterocycles. The molecule has 0 fully saturated rings. The molecule has 0 rings (SSSR count). The van der Waals surface area contributed by atoms with Gasteiger partial charge in [-0.2, -0.15) is 0 Å². The van der Waals surface area contributed by atoms with Crippen LogP contribution in [0.3, 0.4) is 0 Å². The maximum atomic E-state index is 3.85. The summed E-state index contributed by atoms with van der Waals surface area (Å²) in [6, 6.07) is 0. The molecule has 0 aliphatic rings. The zero-order valence-electron chi connectivity index (χ0n) is 12.6. The maximum absolute atomic E-state index is 3.85. The fourth-order valence-electron chi connectivity index (χ4n) is 1.85. The molecule has 0 aromatic rings. The van der Waals surface area contributed by atoms with Gasteiger partial charge in [0.2, 0.25) is 0 Å². The van der Waals surface area contributed by atoms with Crippen LogP contribution in [0.5, 0.6) is 0 Å². The molecule has 1 unspecified atom stereocenters. The van der Waals surface area contributed by atoms with Crippen LogP contribution in [0.2, 0.25) is 0 Å². The molecule has 0 aromatic carbocycles. The molecule has 0 radical (unpaired) electrons. The quantitative estimate of drug-likeness (QED) is 0.270. The van der Waals surface area contributed by atoms with E-state index in [9.17, 15) is 0 Å². The van der Waals surface area contributed by atoms with Crippen molar-refractivity contribution in [1.29, 1.82) is 0 Å². The highest BCUT2D eigenvalue weighted by molar-refractivity contribution is 5.24.